The molecule has 1 unspecified atom stereocenters. The van der Waals surface area contributed by atoms with Gasteiger partial charge in [0.05, 0.1) is 11.3 Å². The lowest BCUT2D eigenvalue weighted by atomic mass is 10.0. The molecule has 0 bridgehead atoms. The number of aliphatic carboxylic acids is 1. The Morgan fingerprint density at radius 3 is 2.42 bits per heavy atom. The second-order valence-corrected chi connectivity index (χ2v) is 5.20. The van der Waals surface area contributed by atoms with Gasteiger partial charge in [-0.2, -0.15) is 5.10 Å². The Morgan fingerprint density at radius 1 is 1.47 bits per heavy atom. The maximum absolute atomic E-state index is 12.3. The van der Waals surface area contributed by atoms with Crippen molar-refractivity contribution < 1.29 is 14.7 Å². The van der Waals surface area contributed by atoms with Gasteiger partial charge in [-0.3, -0.25) is 9.48 Å². The number of carbonyl (C=O) groups excluding carboxylic acids is 1. The van der Waals surface area contributed by atoms with E-state index in [1.165, 1.54) is 11.9 Å². The fraction of sp³-hybridized carbons (Fsp3) is 0.615. The predicted molar refractivity (Wildman–Crippen MR) is 70.9 cm³/mol. The second kappa shape index (κ2) is 5.86. The molecule has 0 aliphatic carbocycles. The zero-order valence-corrected chi connectivity index (χ0v) is 12.0. The third kappa shape index (κ3) is 3.56. The summed E-state index contributed by atoms with van der Waals surface area (Å²) in [5.74, 6) is -1.09. The summed E-state index contributed by atoms with van der Waals surface area (Å²) in [6, 6.07) is -0.813. The summed E-state index contributed by atoms with van der Waals surface area (Å²) in [4.78, 5) is 24.9. The van der Waals surface area contributed by atoms with E-state index in [0.29, 0.717) is 17.7 Å². The van der Waals surface area contributed by atoms with Crippen molar-refractivity contribution in [2.75, 3.05) is 7.05 Å². The van der Waals surface area contributed by atoms with Gasteiger partial charge in [-0.1, -0.05) is 13.8 Å². The third-order valence-electron chi connectivity index (χ3n) is 3.01. The van der Waals surface area contributed by atoms with E-state index in [1.807, 2.05) is 13.8 Å². The first-order chi connectivity index (χ1) is 8.73. The van der Waals surface area contributed by atoms with Crippen molar-refractivity contribution in [2.45, 2.75) is 33.2 Å². The number of aryl methyl sites for hydroxylation is 2. The Balaban J connectivity index is 2.96. The molecule has 1 atom stereocenters. The number of carboxylic acid groups (broad SMARTS) is 1. The highest BCUT2D eigenvalue weighted by atomic mass is 16.4. The molecule has 0 fully saturated rings. The van der Waals surface area contributed by atoms with Crippen molar-refractivity contribution in [1.82, 2.24) is 14.7 Å². The van der Waals surface area contributed by atoms with E-state index in [-0.39, 0.29) is 11.8 Å². The monoisotopic (exact) mass is 267 g/mol. The van der Waals surface area contributed by atoms with Gasteiger partial charge >= 0.3 is 5.97 Å². The number of hydrogen-bond acceptors (Lipinski definition) is 3. The summed E-state index contributed by atoms with van der Waals surface area (Å²) in [6.45, 7) is 5.60. The minimum Gasteiger partial charge on any atom is -0.480 e. The maximum Gasteiger partial charge on any atom is 0.326 e. The van der Waals surface area contributed by atoms with Gasteiger partial charge in [0.2, 0.25) is 0 Å². The molecule has 0 saturated heterocycles. The first-order valence-electron chi connectivity index (χ1n) is 6.24. The molecule has 6 heteroatoms. The fourth-order valence-corrected chi connectivity index (χ4v) is 2.01. The van der Waals surface area contributed by atoms with Crippen LogP contribution in [0.25, 0.3) is 0 Å². The van der Waals surface area contributed by atoms with E-state index in [4.69, 9.17) is 0 Å². The van der Waals surface area contributed by atoms with Gasteiger partial charge in [0.1, 0.15) is 6.04 Å². The van der Waals surface area contributed by atoms with E-state index in [9.17, 15) is 14.7 Å². The fourth-order valence-electron chi connectivity index (χ4n) is 2.01. The smallest absolute Gasteiger partial charge is 0.326 e. The minimum atomic E-state index is -0.980. The average molecular weight is 267 g/mol. The van der Waals surface area contributed by atoms with Crippen LogP contribution in [-0.2, 0) is 11.8 Å². The lowest BCUT2D eigenvalue weighted by Crippen LogP contribution is -2.43. The largest absolute Gasteiger partial charge is 0.480 e. The number of rotatable bonds is 5. The SMILES string of the molecule is Cc1nn(C)cc1C(=O)N(C)C(CC(C)C)C(=O)O. The van der Waals surface area contributed by atoms with Crippen LogP contribution in [0.2, 0.25) is 0 Å². The zero-order chi connectivity index (χ0) is 14.7. The molecule has 19 heavy (non-hydrogen) atoms. The van der Waals surface area contributed by atoms with Crippen LogP contribution < -0.4 is 0 Å². The van der Waals surface area contributed by atoms with Crippen molar-refractivity contribution in [2.24, 2.45) is 13.0 Å². The van der Waals surface area contributed by atoms with E-state index in [0.717, 1.165) is 0 Å². The number of nitrogens with zero attached hydrogens (tertiary/aromatic N) is 3. The van der Waals surface area contributed by atoms with E-state index in [2.05, 4.69) is 5.10 Å². The Kier molecular flexibility index (Phi) is 4.69. The van der Waals surface area contributed by atoms with Gasteiger partial charge in [-0.25, -0.2) is 4.79 Å². The summed E-state index contributed by atoms with van der Waals surface area (Å²) < 4.78 is 1.55. The van der Waals surface area contributed by atoms with Crippen LogP contribution >= 0.6 is 0 Å². The van der Waals surface area contributed by atoms with Crippen molar-refractivity contribution in [3.8, 4) is 0 Å². The van der Waals surface area contributed by atoms with Crippen LogP contribution in [0.1, 0.15) is 36.3 Å². The highest BCUT2D eigenvalue weighted by Crippen LogP contribution is 2.15. The number of amides is 1. The van der Waals surface area contributed by atoms with E-state index in [1.54, 1.807) is 24.9 Å². The molecular weight excluding hydrogens is 246 g/mol. The second-order valence-electron chi connectivity index (χ2n) is 5.20. The van der Waals surface area contributed by atoms with Gasteiger partial charge in [-0.05, 0) is 19.3 Å². The van der Waals surface area contributed by atoms with Crippen LogP contribution in [0, 0.1) is 12.8 Å². The topological polar surface area (TPSA) is 75.4 Å². The molecule has 0 aromatic carbocycles. The van der Waals surface area contributed by atoms with Crippen LogP contribution in [0.5, 0.6) is 0 Å². The number of likely N-dealkylation sites (N-methyl/N-ethyl adjacent to an activating group) is 1. The highest BCUT2D eigenvalue weighted by Gasteiger charge is 2.29. The number of carbonyl (C=O) groups is 2. The molecule has 0 saturated carbocycles. The van der Waals surface area contributed by atoms with Crippen molar-refractivity contribution >= 4 is 11.9 Å². The van der Waals surface area contributed by atoms with Gasteiger partial charge < -0.3 is 10.0 Å². The predicted octanol–water partition coefficient (Wildman–Crippen LogP) is 1.30. The zero-order valence-electron chi connectivity index (χ0n) is 12.0. The van der Waals surface area contributed by atoms with Gasteiger partial charge in [0, 0.05) is 20.3 Å². The van der Waals surface area contributed by atoms with Crippen LogP contribution in [-0.4, -0.2) is 44.8 Å². The molecule has 1 N–H and O–H groups in total. The number of hydrogen-bond donors (Lipinski definition) is 1. The summed E-state index contributed by atoms with van der Waals surface area (Å²) in [7, 11) is 3.25. The molecule has 0 spiro atoms. The lowest BCUT2D eigenvalue weighted by Gasteiger charge is -2.26. The Morgan fingerprint density at radius 2 is 2.05 bits per heavy atom. The molecule has 1 amide bonds. The molecular formula is C13H21N3O3. The Labute approximate surface area is 113 Å². The van der Waals surface area contributed by atoms with Crippen LogP contribution in [0.15, 0.2) is 6.20 Å². The molecule has 1 aromatic heterocycles. The number of carboxylic acids is 1. The molecule has 1 heterocycles. The molecule has 6 nitrogen and oxygen atoms in total. The molecule has 1 aromatic rings. The Bertz CT molecular complexity index is 479. The Hall–Kier alpha value is -1.85. The minimum absolute atomic E-state index is 0.200. The summed E-state index contributed by atoms with van der Waals surface area (Å²) in [5, 5.41) is 13.3. The van der Waals surface area contributed by atoms with E-state index >= 15 is 0 Å². The number of aromatic nitrogens is 2. The lowest BCUT2D eigenvalue weighted by molar-refractivity contribution is -0.142. The summed E-state index contributed by atoms with van der Waals surface area (Å²) >= 11 is 0. The van der Waals surface area contributed by atoms with Crippen LogP contribution in [0.3, 0.4) is 0 Å². The maximum atomic E-state index is 12.3. The standard InChI is InChI=1S/C13H21N3O3/c1-8(2)6-11(13(18)19)16(5)12(17)10-7-15(4)14-9(10)3/h7-8,11H,6H2,1-5H3,(H,18,19). The molecule has 0 aliphatic rings. The molecule has 1 rings (SSSR count). The quantitative estimate of drug-likeness (QED) is 0.872. The first-order valence-corrected chi connectivity index (χ1v) is 6.24. The molecule has 106 valence electrons. The normalized spacial score (nSPS) is 12.5. The molecule has 0 aliphatic heterocycles. The third-order valence-corrected chi connectivity index (χ3v) is 3.01. The van der Waals surface area contributed by atoms with Crippen molar-refractivity contribution in [1.29, 1.82) is 0 Å². The van der Waals surface area contributed by atoms with Gasteiger partial charge in [0.15, 0.2) is 0 Å². The molecule has 0 radical (unpaired) electrons. The average Bonchev–Trinajstić information content (AvgIpc) is 2.63. The first kappa shape index (κ1) is 15.2. The van der Waals surface area contributed by atoms with Crippen LogP contribution in [0.4, 0.5) is 0 Å². The van der Waals surface area contributed by atoms with Crippen molar-refractivity contribution in [3.05, 3.63) is 17.5 Å². The summed E-state index contributed by atoms with van der Waals surface area (Å²) in [6.07, 6.45) is 2.04. The summed E-state index contributed by atoms with van der Waals surface area (Å²) in [5.41, 5.74) is 1.05. The van der Waals surface area contributed by atoms with Gasteiger partial charge in [0.25, 0.3) is 5.91 Å². The van der Waals surface area contributed by atoms with Crippen molar-refractivity contribution in [3.63, 3.8) is 0 Å². The highest BCUT2D eigenvalue weighted by molar-refractivity contribution is 5.97. The van der Waals surface area contributed by atoms with E-state index < -0.39 is 12.0 Å². The van der Waals surface area contributed by atoms with Gasteiger partial charge in [-0.15, -0.1) is 0 Å².